The van der Waals surface area contributed by atoms with Gasteiger partial charge in [0.2, 0.25) is 27.2 Å². The van der Waals surface area contributed by atoms with Crippen LogP contribution in [0.5, 0.6) is 5.75 Å². The van der Waals surface area contributed by atoms with Gasteiger partial charge in [-0.2, -0.15) is 31.8 Å². The van der Waals surface area contributed by atoms with E-state index in [9.17, 15) is 39.5 Å². The summed E-state index contributed by atoms with van der Waals surface area (Å²) in [5.41, 5.74) is -0.130. The Morgan fingerprint density at radius 3 is 2.08 bits per heavy atom. The molecule has 1 aromatic heterocycles. The van der Waals surface area contributed by atoms with Crippen molar-refractivity contribution < 1.29 is 39.5 Å². The smallest absolute Gasteiger partial charge is 0.296 e. The molecule has 0 saturated heterocycles. The van der Waals surface area contributed by atoms with Gasteiger partial charge in [0.25, 0.3) is 20.2 Å². The fourth-order valence-electron chi connectivity index (χ4n) is 4.99. The third-order valence-corrected chi connectivity index (χ3v) is 9.47. The quantitative estimate of drug-likeness (QED) is 0.0659. The number of azo groups is 1. The molecule has 0 atom stereocenters. The van der Waals surface area contributed by atoms with Crippen LogP contribution < -0.4 is 15.4 Å². The minimum absolute atomic E-state index is 0.160. The van der Waals surface area contributed by atoms with E-state index in [1.165, 1.54) is 12.1 Å². The van der Waals surface area contributed by atoms with Crippen molar-refractivity contribution in [1.82, 2.24) is 15.0 Å². The molecule has 6 rings (SSSR count). The topological polar surface area (TPSA) is 263 Å². The molecule has 17 nitrogen and oxygen atoms in total. The third-order valence-electron chi connectivity index (χ3n) is 7.00. The molecule has 0 radical (unpaired) electrons. The Morgan fingerprint density at radius 1 is 0.706 bits per heavy atom. The first-order valence-corrected chi connectivity index (χ1v) is 19.3. The van der Waals surface area contributed by atoms with Crippen LogP contribution in [0.4, 0.5) is 40.3 Å². The molecule has 5 aromatic carbocycles. The average Bonchev–Trinajstić information content (AvgIpc) is 3.02. The van der Waals surface area contributed by atoms with Crippen molar-refractivity contribution in [2.75, 3.05) is 21.6 Å². The molecule has 0 aliphatic heterocycles. The van der Waals surface area contributed by atoms with E-state index < -0.39 is 51.5 Å². The lowest BCUT2D eigenvalue weighted by molar-refractivity contribution is 0.472. The molecule has 0 spiro atoms. The fourth-order valence-corrected chi connectivity index (χ4v) is 6.90. The van der Waals surface area contributed by atoms with Crippen LogP contribution in [0.1, 0.15) is 0 Å². The van der Waals surface area contributed by atoms with Gasteiger partial charge in [0.05, 0.1) is 28.2 Å². The highest BCUT2D eigenvalue weighted by Gasteiger charge is 2.26. The van der Waals surface area contributed by atoms with E-state index >= 15 is 0 Å². The predicted molar refractivity (Wildman–Crippen MR) is 190 cm³/mol. The Kier molecular flexibility index (Phi) is 9.22. The first kappa shape index (κ1) is 35.3. The summed E-state index contributed by atoms with van der Waals surface area (Å²) in [5.74, 6) is -1.34. The van der Waals surface area contributed by atoms with Crippen LogP contribution in [0.3, 0.4) is 0 Å². The van der Waals surface area contributed by atoms with Gasteiger partial charge in [-0.1, -0.05) is 42.5 Å². The molecule has 6 aromatic rings. The highest BCUT2D eigenvalue weighted by molar-refractivity contribution is 7.92. The van der Waals surface area contributed by atoms with Gasteiger partial charge in [-0.15, -0.1) is 10.2 Å². The van der Waals surface area contributed by atoms with E-state index in [2.05, 4.69) is 40.5 Å². The van der Waals surface area contributed by atoms with Gasteiger partial charge in [-0.25, -0.2) is 8.42 Å². The maximum atomic E-state index is 12.5. The minimum atomic E-state index is -5.11. The van der Waals surface area contributed by atoms with Crippen molar-refractivity contribution in [1.29, 1.82) is 0 Å². The average molecular weight is 771 g/mol. The fraction of sp³-hybridized carbons (Fsp3) is 0.0333. The van der Waals surface area contributed by atoms with Crippen molar-refractivity contribution in [2.45, 2.75) is 9.79 Å². The Bertz CT molecular complexity index is 2750. The number of nitrogens with zero attached hydrogens (tertiary/aromatic N) is 5. The summed E-state index contributed by atoms with van der Waals surface area (Å²) in [5, 5.41) is 25.7. The van der Waals surface area contributed by atoms with Crippen LogP contribution in [0.25, 0.3) is 21.5 Å². The Hall–Kier alpha value is -5.51. The summed E-state index contributed by atoms with van der Waals surface area (Å²) < 4.78 is 95.2. The summed E-state index contributed by atoms with van der Waals surface area (Å²) in [6.07, 6.45) is 0.982. The number of nitrogens with one attached hydrogen (secondary N) is 3. The third kappa shape index (κ3) is 8.11. The maximum absolute atomic E-state index is 12.5. The number of halogens is 1. The summed E-state index contributed by atoms with van der Waals surface area (Å²) in [6, 6.07) is 20.9. The zero-order valence-corrected chi connectivity index (χ0v) is 28.9. The second-order valence-electron chi connectivity index (χ2n) is 10.7. The van der Waals surface area contributed by atoms with Gasteiger partial charge in [0.15, 0.2) is 5.75 Å². The Morgan fingerprint density at radius 2 is 1.37 bits per heavy atom. The van der Waals surface area contributed by atoms with Gasteiger partial charge in [-0.3, -0.25) is 13.8 Å². The predicted octanol–water partition coefficient (Wildman–Crippen LogP) is 6.30. The minimum Gasteiger partial charge on any atom is -0.505 e. The highest BCUT2D eigenvalue weighted by atomic mass is 35.5. The Labute approximate surface area is 294 Å². The van der Waals surface area contributed by atoms with E-state index in [1.54, 1.807) is 42.5 Å². The van der Waals surface area contributed by atoms with E-state index in [4.69, 9.17) is 11.6 Å². The molecule has 0 amide bonds. The largest absolute Gasteiger partial charge is 0.505 e. The second kappa shape index (κ2) is 13.3. The van der Waals surface area contributed by atoms with Gasteiger partial charge in [0.1, 0.15) is 10.6 Å². The van der Waals surface area contributed by atoms with Crippen molar-refractivity contribution in [2.24, 2.45) is 10.2 Å². The first-order valence-electron chi connectivity index (χ1n) is 14.2. The highest BCUT2D eigenvalue weighted by Crippen LogP contribution is 2.46. The van der Waals surface area contributed by atoms with Crippen LogP contribution in [-0.2, 0) is 30.3 Å². The second-order valence-corrected chi connectivity index (χ2v) is 15.6. The number of fused-ring (bicyclic) bond motifs is 2. The molecule has 0 aliphatic rings. The van der Waals surface area contributed by atoms with Crippen molar-refractivity contribution in [3.05, 3.63) is 90.2 Å². The molecule has 0 aliphatic carbocycles. The van der Waals surface area contributed by atoms with E-state index in [-0.39, 0.29) is 39.3 Å². The molecule has 0 bridgehead atoms. The monoisotopic (exact) mass is 770 g/mol. The molecule has 0 fully saturated rings. The molecule has 21 heteroatoms. The molecule has 1 heterocycles. The van der Waals surface area contributed by atoms with Crippen LogP contribution in [0.15, 0.2) is 105 Å². The van der Waals surface area contributed by atoms with Gasteiger partial charge >= 0.3 is 0 Å². The molecule has 51 heavy (non-hydrogen) atoms. The number of rotatable bonds is 10. The molecule has 0 unspecified atom stereocenters. The van der Waals surface area contributed by atoms with Crippen LogP contribution in [-0.4, -0.2) is 60.7 Å². The normalized spacial score (nSPS) is 12.4. The molecule has 6 N–H and O–H groups in total. The number of anilines is 5. The zero-order valence-electron chi connectivity index (χ0n) is 25.7. The van der Waals surface area contributed by atoms with E-state index in [1.807, 2.05) is 12.1 Å². The van der Waals surface area contributed by atoms with Crippen molar-refractivity contribution in [3.8, 4) is 5.75 Å². The Balaban J connectivity index is 1.49. The van der Waals surface area contributed by atoms with Crippen LogP contribution >= 0.6 is 11.6 Å². The molecular weight excluding hydrogens is 748 g/mol. The lowest BCUT2D eigenvalue weighted by Gasteiger charge is -2.15. The van der Waals surface area contributed by atoms with Crippen LogP contribution in [0.2, 0.25) is 5.28 Å². The van der Waals surface area contributed by atoms with E-state index in [0.29, 0.717) is 16.8 Å². The maximum Gasteiger partial charge on any atom is 0.296 e. The van der Waals surface area contributed by atoms with Crippen molar-refractivity contribution in [3.63, 3.8) is 0 Å². The summed E-state index contributed by atoms with van der Waals surface area (Å²) >= 11 is 6.15. The number of hydrogen-bond donors (Lipinski definition) is 6. The van der Waals surface area contributed by atoms with Gasteiger partial charge in [0, 0.05) is 16.5 Å². The standard InChI is InChI=1S/C30H23ClN8O9S3/c1-49(41,42)39-19-9-5-8-18(14-19)32-29-34-28(31)35-30(36-29)33-23-15-20(50(43,44)45)12-17-13-24(51(46,47)48)26(27(40)25(17)23)38-37-22-11-4-7-16-6-2-3-10-21(16)22/h2-15,39-40H,1H3,(H,43,44,45)(H,46,47,48)(H2,32,33,34,35,36)/b38-37+. The number of aromatic nitrogens is 3. The summed E-state index contributed by atoms with van der Waals surface area (Å²) in [6.45, 7) is 0. The number of phenols is 1. The number of phenolic OH excluding ortho intramolecular Hbond substituents is 1. The SMILES string of the molecule is CS(=O)(=O)Nc1cccc(Nc2nc(Cl)nc(Nc3cc(S(=O)(=O)O)cc4cc(S(=O)(=O)O)c(/N=N/c5cccc6ccccc56)c(O)c34)n2)c1. The summed E-state index contributed by atoms with van der Waals surface area (Å²) in [4.78, 5) is 10.5. The van der Waals surface area contributed by atoms with Crippen LogP contribution in [0, 0.1) is 0 Å². The lowest BCUT2D eigenvalue weighted by Crippen LogP contribution is -2.09. The molecular formula is C30H23ClN8O9S3. The zero-order chi connectivity index (χ0) is 36.7. The number of hydrogen-bond acceptors (Lipinski definition) is 14. The van der Waals surface area contributed by atoms with E-state index in [0.717, 1.165) is 29.8 Å². The molecule has 0 saturated carbocycles. The number of aromatic hydroxyl groups is 1. The lowest BCUT2D eigenvalue weighted by atomic mass is 10.1. The number of benzene rings is 5. The molecule has 262 valence electrons. The number of sulfonamides is 1. The van der Waals surface area contributed by atoms with Gasteiger partial charge < -0.3 is 15.7 Å². The van der Waals surface area contributed by atoms with Crippen molar-refractivity contribution >= 4 is 104 Å². The van der Waals surface area contributed by atoms with Gasteiger partial charge in [-0.05, 0) is 64.8 Å². The summed E-state index contributed by atoms with van der Waals surface area (Å²) in [7, 11) is -13.6. The first-order chi connectivity index (χ1) is 23.9.